The molecule has 5 aliphatic rings. The third kappa shape index (κ3) is 10.3. The lowest BCUT2D eigenvalue weighted by Crippen LogP contribution is -2.82. The molecule has 3 aliphatic carbocycles. The molecule has 1 amide bonds. The molecule has 0 radical (unpaired) electrons. The fourth-order valence-electron chi connectivity index (χ4n) is 13.8. The third-order valence-electron chi connectivity index (χ3n) is 18.4. The Morgan fingerprint density at radius 1 is 0.805 bits per heavy atom. The largest absolute Gasteiger partial charge is 0.497 e. The van der Waals surface area contributed by atoms with E-state index in [0.717, 1.165) is 0 Å². The van der Waals surface area contributed by atoms with Crippen LogP contribution in [0.3, 0.4) is 0 Å². The van der Waals surface area contributed by atoms with E-state index in [1.807, 2.05) is 39.0 Å². The molecule has 2 saturated carbocycles. The van der Waals surface area contributed by atoms with Crippen molar-refractivity contribution in [2.75, 3.05) is 20.8 Å². The maximum absolute atomic E-state index is 16.7. The van der Waals surface area contributed by atoms with Crippen LogP contribution in [0.25, 0.3) is 0 Å². The summed E-state index contributed by atoms with van der Waals surface area (Å²) in [5, 5.41) is 14.5. The summed E-state index contributed by atoms with van der Waals surface area (Å²) >= 11 is 0. The molecule has 4 aromatic rings. The number of Topliss-reactive ketones (excluding diaryl/α,β-unsaturated/α-hetero) is 1. The Morgan fingerprint density at radius 3 is 2.01 bits per heavy atom. The summed E-state index contributed by atoms with van der Waals surface area (Å²) in [4.78, 5) is 90.8. The Hall–Kier alpha value is -6.90. The Morgan fingerprint density at radius 2 is 1.44 bits per heavy atom. The number of nitrogens with zero attached hydrogens (tertiary/aromatic N) is 1. The SMILES string of the molecule is CC[Si](CC)(CC)O[C@H]1C[C@H]2OC[C@@]2(OC(C)=O)[C@H]2[C@H](OC(=O)c3ccccc3)[C@]3(O)CC(OC(=O)[C@@H]4O[C@H](c5ccc(OC)cc5OC)N(C(=O)OCc5ccccc5)[C@H]4c4ccccc4)=C(C)C([C@@H](OC(C)=O)C(=O)[C@]12C)C3(C)C. The summed E-state index contributed by atoms with van der Waals surface area (Å²) in [5.74, 6) is -6.27. The van der Waals surface area contributed by atoms with E-state index in [1.54, 1.807) is 119 Å². The first-order chi connectivity index (χ1) is 39.1. The van der Waals surface area contributed by atoms with Gasteiger partial charge in [-0.3, -0.25) is 19.3 Å². The first-order valence-corrected chi connectivity index (χ1v) is 30.6. The molecule has 18 nitrogen and oxygen atoms in total. The van der Waals surface area contributed by atoms with Gasteiger partial charge in [-0.2, -0.15) is 0 Å². The summed E-state index contributed by atoms with van der Waals surface area (Å²) in [6, 6.07) is 31.7. The summed E-state index contributed by atoms with van der Waals surface area (Å²) in [6.45, 7) is 14.9. The van der Waals surface area contributed by atoms with E-state index in [0.29, 0.717) is 40.6 Å². The number of hydrogen-bond donors (Lipinski definition) is 1. The van der Waals surface area contributed by atoms with Crippen LogP contribution in [0, 0.1) is 22.7 Å². The second-order valence-corrected chi connectivity index (χ2v) is 27.7. The van der Waals surface area contributed by atoms with Crippen molar-refractivity contribution < 1.29 is 80.9 Å². The fourth-order valence-corrected chi connectivity index (χ4v) is 16.7. The van der Waals surface area contributed by atoms with Crippen molar-refractivity contribution >= 4 is 44.1 Å². The number of amides is 1. The monoisotopic (exact) mass is 1150 g/mol. The molecule has 0 spiro atoms. The van der Waals surface area contributed by atoms with Crippen LogP contribution in [0.5, 0.6) is 11.5 Å². The average Bonchev–Trinajstić information content (AvgIpc) is 0.851. The van der Waals surface area contributed by atoms with Crippen LogP contribution in [0.4, 0.5) is 4.79 Å². The van der Waals surface area contributed by atoms with Gasteiger partial charge in [-0.25, -0.2) is 14.4 Å². The number of carbonyl (C=O) groups excluding carboxylic acids is 6. The van der Waals surface area contributed by atoms with Crippen molar-refractivity contribution in [1.29, 1.82) is 0 Å². The molecule has 2 heterocycles. The van der Waals surface area contributed by atoms with Crippen molar-refractivity contribution in [1.82, 2.24) is 4.90 Å². The van der Waals surface area contributed by atoms with Gasteiger partial charge < -0.3 is 52.2 Å². The first kappa shape index (κ1) is 59.7. The zero-order chi connectivity index (χ0) is 59.1. The number of rotatable bonds is 17. The molecule has 438 valence electrons. The van der Waals surface area contributed by atoms with E-state index in [-0.39, 0.29) is 42.3 Å². The maximum Gasteiger partial charge on any atom is 0.413 e. The number of aliphatic hydroxyl groups is 1. The molecule has 2 bridgehead atoms. The van der Waals surface area contributed by atoms with Crippen molar-refractivity contribution in [3.63, 3.8) is 0 Å². The molecule has 1 N–H and O–H groups in total. The molecule has 2 aliphatic heterocycles. The number of carbonyl (C=O) groups is 6. The number of benzene rings is 4. The molecule has 2 saturated heterocycles. The number of esters is 4. The van der Waals surface area contributed by atoms with Gasteiger partial charge in [0, 0.05) is 49.7 Å². The fraction of sp³-hybridized carbons (Fsp3) is 0.492. The highest BCUT2D eigenvalue weighted by atomic mass is 28.4. The van der Waals surface area contributed by atoms with E-state index in [1.165, 1.54) is 33.0 Å². The second kappa shape index (κ2) is 23.4. The Bertz CT molecular complexity index is 3070. The van der Waals surface area contributed by atoms with E-state index < -0.39 is 127 Å². The van der Waals surface area contributed by atoms with Gasteiger partial charge in [0.2, 0.25) is 0 Å². The molecule has 12 atom stereocenters. The summed E-state index contributed by atoms with van der Waals surface area (Å²) < 4.78 is 64.1. The lowest BCUT2D eigenvalue weighted by molar-refractivity contribution is -0.348. The second-order valence-electron chi connectivity index (χ2n) is 22.9. The quantitative estimate of drug-likeness (QED) is 0.0591. The molecule has 82 heavy (non-hydrogen) atoms. The van der Waals surface area contributed by atoms with Gasteiger partial charge in [-0.1, -0.05) is 113 Å². The van der Waals surface area contributed by atoms with Gasteiger partial charge in [0.05, 0.1) is 43.8 Å². The van der Waals surface area contributed by atoms with Gasteiger partial charge in [0.15, 0.2) is 38.1 Å². The molecular formula is C63H75NO17Si. The zero-order valence-corrected chi connectivity index (χ0v) is 49.5. The van der Waals surface area contributed by atoms with E-state index in [4.69, 9.17) is 47.1 Å². The Kier molecular flexibility index (Phi) is 17.0. The lowest BCUT2D eigenvalue weighted by Gasteiger charge is -2.68. The highest BCUT2D eigenvalue weighted by Gasteiger charge is 2.79. The van der Waals surface area contributed by atoms with Crippen molar-refractivity contribution in [3.05, 3.63) is 143 Å². The highest BCUT2D eigenvalue weighted by molar-refractivity contribution is 6.73. The van der Waals surface area contributed by atoms with Gasteiger partial charge in [0.25, 0.3) is 0 Å². The van der Waals surface area contributed by atoms with Crippen LogP contribution in [0.15, 0.2) is 121 Å². The summed E-state index contributed by atoms with van der Waals surface area (Å²) in [6.07, 6.45) is -9.69. The Labute approximate surface area is 479 Å². The summed E-state index contributed by atoms with van der Waals surface area (Å²) in [7, 11) is 0.263. The van der Waals surface area contributed by atoms with E-state index in [9.17, 15) is 24.3 Å². The third-order valence-corrected chi connectivity index (χ3v) is 23.1. The molecule has 4 fully saturated rings. The predicted octanol–water partition coefficient (Wildman–Crippen LogP) is 9.93. The minimum absolute atomic E-state index is 0.0707. The molecule has 4 aromatic carbocycles. The Balaban J connectivity index is 1.23. The van der Waals surface area contributed by atoms with Gasteiger partial charge >= 0.3 is 30.0 Å². The van der Waals surface area contributed by atoms with Crippen molar-refractivity contribution in [3.8, 4) is 11.5 Å². The molecule has 0 aromatic heterocycles. The lowest BCUT2D eigenvalue weighted by atomic mass is 9.43. The molecule has 9 rings (SSSR count). The van der Waals surface area contributed by atoms with E-state index >= 15 is 9.59 Å². The minimum Gasteiger partial charge on any atom is -0.497 e. The highest BCUT2D eigenvalue weighted by Crippen LogP contribution is 2.66. The van der Waals surface area contributed by atoms with Crippen molar-refractivity contribution in [2.24, 2.45) is 22.7 Å². The van der Waals surface area contributed by atoms with E-state index in [2.05, 4.69) is 0 Å². The predicted molar refractivity (Wildman–Crippen MR) is 299 cm³/mol. The molecular weight excluding hydrogens is 1070 g/mol. The van der Waals surface area contributed by atoms with Crippen LogP contribution >= 0.6 is 0 Å². The van der Waals surface area contributed by atoms with Crippen LogP contribution in [0.1, 0.15) is 114 Å². The molecule has 19 heteroatoms. The van der Waals surface area contributed by atoms with Crippen LogP contribution < -0.4 is 9.47 Å². The van der Waals surface area contributed by atoms with Crippen LogP contribution in [-0.2, 0) is 63.4 Å². The maximum atomic E-state index is 16.7. The smallest absolute Gasteiger partial charge is 0.413 e. The number of ether oxygens (including phenoxy) is 9. The van der Waals surface area contributed by atoms with Gasteiger partial charge in [0.1, 0.15) is 47.7 Å². The van der Waals surface area contributed by atoms with Crippen LogP contribution in [-0.4, -0.2) is 117 Å². The normalized spacial score (nSPS) is 30.0. The summed E-state index contributed by atoms with van der Waals surface area (Å²) in [5.41, 5.74) is -5.69. The van der Waals surface area contributed by atoms with Gasteiger partial charge in [-0.05, 0) is 72.9 Å². The standard InChI is InChI=1S/C63H75NO17Si/c1-12-82(13-2,14-3)81-47-33-48-62(36-75-48,80-39(6)66)53-55(79-57(68)42-28-22-17-23-29-42)63(71)34-46(37(4)49(60(63,7)8)51(76-38(5)65)54(67)61(47,53)9)77-58(69)52-50(41-26-20-16-21-27-41)64(59(70)74-35-40-24-18-15-19-25-40)56(78-52)44-31-30-43(72-10)32-45(44)73-11/h15-32,47-53,55-56,71H,12-14,33-36H2,1-11H3/t47-,48+,49?,50-,51+,52+,53-,55-,56+,61+,62-,63+/m0/s1. The number of hydrogen-bond acceptors (Lipinski definition) is 17. The average molecular weight is 1150 g/mol. The van der Waals surface area contributed by atoms with Crippen LogP contribution in [0.2, 0.25) is 18.1 Å². The molecule has 1 unspecified atom stereocenters. The minimum atomic E-state index is -2.68. The zero-order valence-electron chi connectivity index (χ0n) is 48.5. The van der Waals surface area contributed by atoms with Gasteiger partial charge in [-0.15, -0.1) is 0 Å². The topological polar surface area (TPSA) is 218 Å². The first-order valence-electron chi connectivity index (χ1n) is 28.1. The number of methoxy groups -OCH3 is 2. The number of fused-ring (bicyclic) bond motifs is 5. The van der Waals surface area contributed by atoms with Crippen molar-refractivity contribution in [2.45, 2.75) is 154 Å². The number of ketones is 1.